The number of aromatic amines is 2. The molecule has 0 atom stereocenters. The molecule has 0 unspecified atom stereocenters. The van der Waals surface area contributed by atoms with E-state index >= 15 is 0 Å². The number of nitrogens with one attached hydrogen (secondary N) is 4. The summed E-state index contributed by atoms with van der Waals surface area (Å²) in [4.78, 5) is 32.8. The number of carbonyl (C=O) groups excluding carboxylic acids is 2. The van der Waals surface area contributed by atoms with Gasteiger partial charge >= 0.3 is 6.29 Å². The van der Waals surface area contributed by atoms with Crippen molar-refractivity contribution in [3.8, 4) is 17.2 Å². The number of rotatable bonds is 7. The quantitative estimate of drug-likeness (QED) is 0.128. The van der Waals surface area contributed by atoms with Crippen molar-refractivity contribution in [1.29, 1.82) is 0 Å². The highest BCUT2D eigenvalue weighted by atomic mass is 19.3. The third-order valence-electron chi connectivity index (χ3n) is 11.4. The Bertz CT molecular complexity index is 2570. The number of ether oxygens (including phenoxy) is 3. The SMILES string of the molecule is CC(C)(C)c1cc2cc(NC(=O)C3(c4ccc5c(c4)OC(F)(F)O5)CC3)c(F)cc2[nH]1.COc1ccc(C2(C(=O)Nc3ccc4[nH]c(C(C)(C)C)cc4c3)CC2)cc1. The van der Waals surface area contributed by atoms with Gasteiger partial charge in [0.1, 0.15) is 11.6 Å². The summed E-state index contributed by atoms with van der Waals surface area (Å²) in [6, 6.07) is 25.3. The number of halogens is 3. The van der Waals surface area contributed by atoms with Crippen molar-refractivity contribution in [1.82, 2.24) is 9.97 Å². The third-order valence-corrected chi connectivity index (χ3v) is 11.4. The molecular formula is C46H47F3N4O5. The predicted molar refractivity (Wildman–Crippen MR) is 219 cm³/mol. The Labute approximate surface area is 334 Å². The highest BCUT2D eigenvalue weighted by Gasteiger charge is 2.53. The molecule has 3 aliphatic rings. The maximum atomic E-state index is 14.7. The van der Waals surface area contributed by atoms with Gasteiger partial charge in [0.05, 0.1) is 23.6 Å². The fourth-order valence-electron chi connectivity index (χ4n) is 7.46. The molecule has 2 saturated carbocycles. The van der Waals surface area contributed by atoms with Crippen LogP contribution in [0.2, 0.25) is 0 Å². The zero-order valence-electron chi connectivity index (χ0n) is 33.6. The molecule has 4 aromatic carbocycles. The van der Waals surface area contributed by atoms with Crippen molar-refractivity contribution in [2.75, 3.05) is 17.7 Å². The second kappa shape index (κ2) is 13.6. The molecule has 9 rings (SSSR count). The second-order valence-corrected chi connectivity index (χ2v) is 17.7. The Morgan fingerprint density at radius 2 is 1.21 bits per heavy atom. The zero-order valence-corrected chi connectivity index (χ0v) is 33.6. The van der Waals surface area contributed by atoms with Crippen molar-refractivity contribution < 1.29 is 37.0 Å². The average Bonchev–Trinajstić information content (AvgIpc) is 4.03. The molecule has 2 fully saturated rings. The summed E-state index contributed by atoms with van der Waals surface area (Å²) in [6.07, 6.45) is -0.910. The minimum Gasteiger partial charge on any atom is -0.497 e. The highest BCUT2D eigenvalue weighted by Crippen LogP contribution is 2.53. The van der Waals surface area contributed by atoms with E-state index < -0.39 is 22.9 Å². The van der Waals surface area contributed by atoms with Gasteiger partial charge in [-0.15, -0.1) is 8.78 Å². The molecule has 2 amide bonds. The molecule has 12 heteroatoms. The second-order valence-electron chi connectivity index (χ2n) is 17.7. The zero-order chi connectivity index (χ0) is 41.4. The van der Waals surface area contributed by atoms with Gasteiger partial charge in [0.2, 0.25) is 11.8 Å². The molecule has 0 bridgehead atoms. The lowest BCUT2D eigenvalue weighted by Gasteiger charge is -2.16. The first-order valence-electron chi connectivity index (χ1n) is 19.4. The van der Waals surface area contributed by atoms with Crippen LogP contribution in [0.4, 0.5) is 24.5 Å². The summed E-state index contributed by atoms with van der Waals surface area (Å²) in [7, 11) is 1.65. The van der Waals surface area contributed by atoms with Crippen LogP contribution >= 0.6 is 0 Å². The van der Waals surface area contributed by atoms with Crippen LogP contribution in [0.3, 0.4) is 0 Å². The number of benzene rings is 4. The molecule has 2 aromatic heterocycles. The molecular weight excluding hydrogens is 746 g/mol. The molecule has 9 nitrogen and oxygen atoms in total. The minimum atomic E-state index is -3.72. The number of hydrogen-bond acceptors (Lipinski definition) is 5. The summed E-state index contributed by atoms with van der Waals surface area (Å²) in [5, 5.41) is 7.72. The lowest BCUT2D eigenvalue weighted by Crippen LogP contribution is -2.28. The van der Waals surface area contributed by atoms with Crippen molar-refractivity contribution >= 4 is 45.0 Å². The Balaban J connectivity index is 0.000000164. The van der Waals surface area contributed by atoms with Crippen LogP contribution in [0.25, 0.3) is 21.8 Å². The van der Waals surface area contributed by atoms with E-state index in [1.807, 2.05) is 48.5 Å². The Morgan fingerprint density at radius 3 is 1.81 bits per heavy atom. The lowest BCUT2D eigenvalue weighted by atomic mass is 9.92. The number of carbonyl (C=O) groups is 2. The largest absolute Gasteiger partial charge is 0.586 e. The van der Waals surface area contributed by atoms with Gasteiger partial charge in [-0.25, -0.2) is 4.39 Å². The topological polar surface area (TPSA) is 117 Å². The van der Waals surface area contributed by atoms with Crippen molar-refractivity contribution in [2.45, 2.75) is 95.2 Å². The van der Waals surface area contributed by atoms with Crippen LogP contribution in [0.1, 0.15) is 89.7 Å². The monoisotopic (exact) mass is 792 g/mol. The molecule has 0 spiro atoms. The van der Waals surface area contributed by atoms with E-state index in [1.54, 1.807) is 19.2 Å². The number of methoxy groups -OCH3 is 1. The van der Waals surface area contributed by atoms with E-state index in [9.17, 15) is 22.8 Å². The third kappa shape index (κ3) is 7.36. The van der Waals surface area contributed by atoms with Gasteiger partial charge in [-0.2, -0.15) is 0 Å². The van der Waals surface area contributed by atoms with Gasteiger partial charge in [-0.1, -0.05) is 59.7 Å². The standard InChI is InChI=1S/C23H21F3N2O3.C23H26N2O2/c1-21(2,3)19-9-12-8-16(14(24)11-15(12)27-19)28-20(29)22(6-7-22)13-4-5-17-18(10-13)31-23(25,26)30-17;1-22(2,3)20-14-15-13-17(7-10-19(15)25-20)24-21(26)23(11-12-23)16-5-8-18(27-4)9-6-16/h4-5,8-11,27H,6-7H2,1-3H3,(H,28,29);5-10,13-14,25H,11-12H2,1-4H3,(H,24,26). The van der Waals surface area contributed by atoms with Gasteiger partial charge in [0.15, 0.2) is 11.5 Å². The molecule has 4 N–H and O–H groups in total. The maximum Gasteiger partial charge on any atom is 0.586 e. The lowest BCUT2D eigenvalue weighted by molar-refractivity contribution is -0.286. The number of hydrogen-bond donors (Lipinski definition) is 4. The van der Waals surface area contributed by atoms with Crippen LogP contribution in [0.15, 0.2) is 84.9 Å². The van der Waals surface area contributed by atoms with Crippen LogP contribution in [-0.4, -0.2) is 35.2 Å². The van der Waals surface area contributed by atoms with E-state index in [0.29, 0.717) is 23.9 Å². The number of amides is 2. The summed E-state index contributed by atoms with van der Waals surface area (Å²) in [5.41, 5.74) is 5.01. The number of fused-ring (bicyclic) bond motifs is 3. The van der Waals surface area contributed by atoms with E-state index in [0.717, 1.165) is 51.8 Å². The van der Waals surface area contributed by atoms with Gasteiger partial charge < -0.3 is 34.8 Å². The Morgan fingerprint density at radius 1 is 0.655 bits per heavy atom. The van der Waals surface area contributed by atoms with Crippen LogP contribution in [0, 0.1) is 5.82 Å². The number of H-pyrrole nitrogens is 2. The normalized spacial score (nSPS) is 17.0. The molecule has 58 heavy (non-hydrogen) atoms. The highest BCUT2D eigenvalue weighted by molar-refractivity contribution is 6.03. The van der Waals surface area contributed by atoms with Crippen LogP contribution in [-0.2, 0) is 31.2 Å². The smallest absolute Gasteiger partial charge is 0.497 e. The fraction of sp³-hybridized carbons (Fsp3) is 0.348. The molecule has 6 aromatic rings. The molecule has 0 radical (unpaired) electrons. The maximum absolute atomic E-state index is 14.7. The molecule has 2 aliphatic carbocycles. The van der Waals surface area contributed by atoms with Crippen LogP contribution in [0.5, 0.6) is 17.2 Å². The first-order chi connectivity index (χ1) is 27.3. The van der Waals surface area contributed by atoms with E-state index in [4.69, 9.17) is 4.74 Å². The van der Waals surface area contributed by atoms with Crippen molar-refractivity contribution in [3.63, 3.8) is 0 Å². The molecule has 302 valence electrons. The van der Waals surface area contributed by atoms with E-state index in [1.165, 1.54) is 23.9 Å². The fourth-order valence-corrected chi connectivity index (χ4v) is 7.46. The Kier molecular flexibility index (Phi) is 9.13. The van der Waals surface area contributed by atoms with Crippen molar-refractivity contribution in [2.24, 2.45) is 0 Å². The number of alkyl halides is 2. The number of aromatic nitrogens is 2. The molecule has 3 heterocycles. The van der Waals surface area contributed by atoms with Crippen molar-refractivity contribution in [3.05, 3.63) is 113 Å². The first-order valence-corrected chi connectivity index (χ1v) is 19.4. The van der Waals surface area contributed by atoms with E-state index in [-0.39, 0.29) is 39.8 Å². The summed E-state index contributed by atoms with van der Waals surface area (Å²) < 4.78 is 55.5. The molecule has 0 saturated heterocycles. The summed E-state index contributed by atoms with van der Waals surface area (Å²) in [5.74, 6) is -0.256. The van der Waals surface area contributed by atoms with Crippen LogP contribution < -0.4 is 24.8 Å². The Hall–Kier alpha value is -5.91. The van der Waals surface area contributed by atoms with Gasteiger partial charge in [-0.05, 0) is 97.5 Å². The summed E-state index contributed by atoms with van der Waals surface area (Å²) >= 11 is 0. The van der Waals surface area contributed by atoms with E-state index in [2.05, 4.69) is 77.7 Å². The number of anilines is 2. The van der Waals surface area contributed by atoms with Gasteiger partial charge in [-0.3, -0.25) is 9.59 Å². The first kappa shape index (κ1) is 38.9. The predicted octanol–water partition coefficient (Wildman–Crippen LogP) is 10.7. The van der Waals surface area contributed by atoms with Gasteiger partial charge in [0.25, 0.3) is 0 Å². The summed E-state index contributed by atoms with van der Waals surface area (Å²) in [6.45, 7) is 12.7. The average molecular weight is 793 g/mol. The minimum absolute atomic E-state index is 0.0644. The molecule has 1 aliphatic heterocycles. The van der Waals surface area contributed by atoms with Gasteiger partial charge in [0, 0.05) is 55.8 Å².